The fourth-order valence-corrected chi connectivity index (χ4v) is 5.48. The van der Waals surface area contributed by atoms with E-state index in [9.17, 15) is 23.7 Å². The van der Waals surface area contributed by atoms with E-state index in [4.69, 9.17) is 0 Å². The van der Waals surface area contributed by atoms with Crippen molar-refractivity contribution < 1.29 is 23.7 Å². The quantitative estimate of drug-likeness (QED) is 0.176. The Hall–Kier alpha value is -0.990. The fraction of sp³-hybridized carbons (Fsp3) is 0.778. The molecule has 7 heteroatoms. The van der Waals surface area contributed by atoms with E-state index in [0.29, 0.717) is 6.42 Å². The van der Waals surface area contributed by atoms with Gasteiger partial charge in [-0.05, 0) is 30.5 Å². The van der Waals surface area contributed by atoms with E-state index in [1.807, 2.05) is 0 Å². The summed E-state index contributed by atoms with van der Waals surface area (Å²) in [7, 11) is -3.91. The Bertz CT molecular complexity index is 723. The maximum absolute atomic E-state index is 12.7. The van der Waals surface area contributed by atoms with Crippen LogP contribution in [-0.2, 0) is 16.4 Å². The van der Waals surface area contributed by atoms with Gasteiger partial charge < -0.3 is 15.3 Å². The summed E-state index contributed by atoms with van der Waals surface area (Å²) in [6.07, 6.45) is 14.3. The van der Waals surface area contributed by atoms with Crippen LogP contribution < -0.4 is 4.72 Å². The van der Waals surface area contributed by atoms with Gasteiger partial charge in [-0.1, -0.05) is 109 Å². The number of aliphatic hydroxyl groups is 3. The first-order valence-electron chi connectivity index (χ1n) is 13.4. The third-order valence-corrected chi connectivity index (χ3v) is 7.94. The predicted molar refractivity (Wildman–Crippen MR) is 139 cm³/mol. The number of aryl methyl sites for hydroxylation is 1. The molecule has 1 aromatic carbocycles. The van der Waals surface area contributed by atoms with E-state index in [1.54, 1.807) is 12.1 Å². The molecule has 0 aliphatic heterocycles. The number of hydrogen-bond acceptors (Lipinski definition) is 5. The number of rotatable bonds is 21. The van der Waals surface area contributed by atoms with Crippen molar-refractivity contribution in [3.05, 3.63) is 29.8 Å². The zero-order chi connectivity index (χ0) is 25.2. The number of benzene rings is 1. The molecule has 6 nitrogen and oxygen atoms in total. The Balaban J connectivity index is 2.30. The summed E-state index contributed by atoms with van der Waals surface area (Å²) in [5, 5.41) is 30.4. The molecule has 1 aromatic rings. The van der Waals surface area contributed by atoms with Crippen LogP contribution in [0.25, 0.3) is 0 Å². The number of nitrogens with one attached hydrogen (secondary N) is 1. The summed E-state index contributed by atoms with van der Waals surface area (Å²) in [5.41, 5.74) is 1.05. The zero-order valence-corrected chi connectivity index (χ0v) is 22.2. The van der Waals surface area contributed by atoms with Crippen LogP contribution >= 0.6 is 0 Å². The number of aliphatic hydroxyl groups excluding tert-OH is 3. The molecule has 0 heterocycles. The molecule has 0 amide bonds. The van der Waals surface area contributed by atoms with Crippen LogP contribution in [0, 0.1) is 0 Å². The summed E-state index contributed by atoms with van der Waals surface area (Å²) in [6, 6.07) is 5.43. The molecule has 34 heavy (non-hydrogen) atoms. The Morgan fingerprint density at radius 3 is 1.74 bits per heavy atom. The Kier molecular flexibility index (Phi) is 16.7. The molecule has 3 atom stereocenters. The molecule has 198 valence electrons. The molecule has 0 fully saturated rings. The lowest BCUT2D eigenvalue weighted by atomic mass is 10.00. The lowest BCUT2D eigenvalue weighted by molar-refractivity contribution is -0.0159. The fourth-order valence-electron chi connectivity index (χ4n) is 4.24. The van der Waals surface area contributed by atoms with Crippen LogP contribution in [0.5, 0.6) is 0 Å². The molecular formula is C27H49NO5S. The molecular weight excluding hydrogens is 450 g/mol. The van der Waals surface area contributed by atoms with Crippen LogP contribution in [0.4, 0.5) is 0 Å². The molecule has 0 aromatic heterocycles. The van der Waals surface area contributed by atoms with E-state index < -0.39 is 34.9 Å². The average molecular weight is 500 g/mol. The highest BCUT2D eigenvalue weighted by atomic mass is 32.2. The molecule has 0 radical (unpaired) electrons. The third kappa shape index (κ3) is 12.6. The maximum Gasteiger partial charge on any atom is 0.240 e. The van der Waals surface area contributed by atoms with Crippen molar-refractivity contribution in [2.75, 3.05) is 6.61 Å². The van der Waals surface area contributed by atoms with Crippen LogP contribution in [0.3, 0.4) is 0 Å². The van der Waals surface area contributed by atoms with Crippen molar-refractivity contribution in [3.63, 3.8) is 0 Å². The molecule has 0 spiro atoms. The molecule has 0 saturated carbocycles. The van der Waals surface area contributed by atoms with E-state index in [-0.39, 0.29) is 4.90 Å². The highest BCUT2D eigenvalue weighted by molar-refractivity contribution is 7.89. The van der Waals surface area contributed by atoms with Crippen molar-refractivity contribution in [2.24, 2.45) is 0 Å². The van der Waals surface area contributed by atoms with Gasteiger partial charge in [-0.2, -0.15) is 0 Å². The smallest absolute Gasteiger partial charge is 0.240 e. The number of sulfonamides is 1. The second-order valence-corrected chi connectivity index (χ2v) is 11.3. The summed E-state index contributed by atoms with van der Waals surface area (Å²) >= 11 is 0. The van der Waals surface area contributed by atoms with Crippen molar-refractivity contribution in [3.8, 4) is 0 Å². The van der Waals surface area contributed by atoms with Gasteiger partial charge in [0.1, 0.15) is 0 Å². The maximum atomic E-state index is 12.7. The Morgan fingerprint density at radius 1 is 0.765 bits per heavy atom. The molecule has 0 aliphatic carbocycles. The van der Waals surface area contributed by atoms with Gasteiger partial charge >= 0.3 is 0 Å². The highest BCUT2D eigenvalue weighted by Gasteiger charge is 2.30. The van der Waals surface area contributed by atoms with E-state index in [1.165, 1.54) is 69.9 Å². The molecule has 0 saturated heterocycles. The molecule has 4 N–H and O–H groups in total. The Labute approximate surface area is 208 Å². The van der Waals surface area contributed by atoms with Crippen LogP contribution in [-0.4, -0.2) is 48.6 Å². The topological polar surface area (TPSA) is 107 Å². The second-order valence-electron chi connectivity index (χ2n) is 9.54. The minimum atomic E-state index is -3.91. The van der Waals surface area contributed by atoms with Gasteiger partial charge in [-0.25, -0.2) is 13.1 Å². The van der Waals surface area contributed by atoms with Crippen LogP contribution in [0.1, 0.15) is 109 Å². The van der Waals surface area contributed by atoms with Crippen LogP contribution in [0.2, 0.25) is 0 Å². The highest BCUT2D eigenvalue weighted by Crippen LogP contribution is 2.17. The SMILES string of the molecule is CCCCCCCCCCCCCC[C@@H](O)[C@@H](O)[C@H](CO)NS(=O)(=O)c1ccc(CCC)cc1. The van der Waals surface area contributed by atoms with E-state index in [0.717, 1.165) is 37.7 Å². The summed E-state index contributed by atoms with van der Waals surface area (Å²) in [4.78, 5) is 0.0773. The van der Waals surface area contributed by atoms with Gasteiger partial charge in [-0.3, -0.25) is 0 Å². The van der Waals surface area contributed by atoms with Crippen LogP contribution in [0.15, 0.2) is 29.2 Å². The van der Waals surface area contributed by atoms with Gasteiger partial charge in [0.2, 0.25) is 10.0 Å². The second kappa shape index (κ2) is 18.3. The zero-order valence-electron chi connectivity index (χ0n) is 21.4. The lowest BCUT2D eigenvalue weighted by Gasteiger charge is -2.26. The number of unbranched alkanes of at least 4 members (excludes halogenated alkanes) is 11. The van der Waals surface area contributed by atoms with Gasteiger partial charge in [-0.15, -0.1) is 0 Å². The molecule has 0 aliphatic rings. The molecule has 1 rings (SSSR count). The largest absolute Gasteiger partial charge is 0.395 e. The third-order valence-electron chi connectivity index (χ3n) is 6.44. The molecule has 0 bridgehead atoms. The van der Waals surface area contributed by atoms with Gasteiger partial charge in [0.15, 0.2) is 0 Å². The lowest BCUT2D eigenvalue weighted by Crippen LogP contribution is -2.50. The minimum Gasteiger partial charge on any atom is -0.395 e. The monoisotopic (exact) mass is 499 g/mol. The molecule has 0 unspecified atom stereocenters. The van der Waals surface area contributed by atoms with Crippen molar-refractivity contribution in [2.45, 2.75) is 133 Å². The summed E-state index contributed by atoms with van der Waals surface area (Å²) in [5.74, 6) is 0. The Morgan fingerprint density at radius 2 is 1.26 bits per heavy atom. The summed E-state index contributed by atoms with van der Waals surface area (Å²) in [6.45, 7) is 3.70. The number of hydrogen-bond donors (Lipinski definition) is 4. The van der Waals surface area contributed by atoms with E-state index >= 15 is 0 Å². The first-order valence-corrected chi connectivity index (χ1v) is 14.9. The van der Waals surface area contributed by atoms with Gasteiger partial charge in [0.05, 0.1) is 29.8 Å². The van der Waals surface area contributed by atoms with E-state index in [2.05, 4.69) is 18.6 Å². The standard InChI is InChI=1S/C27H49NO5S/c1-3-5-6-7-8-9-10-11-12-13-14-15-17-26(30)27(31)25(22-29)28-34(32,33)24-20-18-23(16-4-2)19-21-24/h18-21,25-31H,3-17,22H2,1-2H3/t25-,26+,27-/m0/s1. The van der Waals surface area contributed by atoms with Gasteiger partial charge in [0, 0.05) is 0 Å². The minimum absolute atomic E-state index is 0.0773. The normalized spacial score (nSPS) is 14.7. The summed E-state index contributed by atoms with van der Waals surface area (Å²) < 4.78 is 27.7. The van der Waals surface area contributed by atoms with Crippen molar-refractivity contribution in [1.82, 2.24) is 4.72 Å². The van der Waals surface area contributed by atoms with Crippen molar-refractivity contribution in [1.29, 1.82) is 0 Å². The predicted octanol–water partition coefficient (Wildman–Crippen LogP) is 5.09. The van der Waals surface area contributed by atoms with Gasteiger partial charge in [0.25, 0.3) is 0 Å². The first-order chi connectivity index (χ1) is 16.4. The van der Waals surface area contributed by atoms with Crippen molar-refractivity contribution >= 4 is 10.0 Å². The first kappa shape index (κ1) is 31.0. The average Bonchev–Trinajstić information content (AvgIpc) is 2.83.